The Hall–Kier alpha value is -1.85. The number of nitrogens with zero attached hydrogens (tertiary/aromatic N) is 3. The molecule has 0 aromatic carbocycles. The maximum Gasteiger partial charge on any atom is 0.220 e. The summed E-state index contributed by atoms with van der Waals surface area (Å²) < 4.78 is 1.73. The molecule has 0 bridgehead atoms. The van der Waals surface area contributed by atoms with E-state index in [1.807, 2.05) is 14.0 Å². The Labute approximate surface area is 106 Å². The molecule has 0 atom stereocenters. The molecule has 6 heteroatoms. The predicted octanol–water partition coefficient (Wildman–Crippen LogP) is 0.243. The number of nitrogens with two attached hydrogens (primary N) is 1. The topological polar surface area (TPSA) is 81.2 Å². The Morgan fingerprint density at radius 2 is 2.06 bits per heavy atom. The van der Waals surface area contributed by atoms with Crippen molar-refractivity contribution in [3.63, 3.8) is 0 Å². The normalized spacial score (nSPS) is 16.9. The summed E-state index contributed by atoms with van der Waals surface area (Å²) in [7, 11) is 1.83. The van der Waals surface area contributed by atoms with Crippen LogP contribution in [0.4, 0.5) is 5.82 Å². The molecular formula is C12H18N4O2. The summed E-state index contributed by atoms with van der Waals surface area (Å²) in [6.07, 6.45) is 2.31. The van der Waals surface area contributed by atoms with Crippen LogP contribution in [0.3, 0.4) is 0 Å². The number of aldehydes is 1. The molecule has 1 aromatic rings. The van der Waals surface area contributed by atoms with Gasteiger partial charge in [-0.3, -0.25) is 14.3 Å². The number of hydrogen-bond acceptors (Lipinski definition) is 4. The van der Waals surface area contributed by atoms with Gasteiger partial charge in [0.05, 0.1) is 11.3 Å². The summed E-state index contributed by atoms with van der Waals surface area (Å²) in [5.74, 6) is 0.562. The van der Waals surface area contributed by atoms with Crippen LogP contribution in [-0.4, -0.2) is 35.1 Å². The molecule has 6 nitrogen and oxygen atoms in total. The highest BCUT2D eigenvalue weighted by atomic mass is 16.1. The second kappa shape index (κ2) is 4.80. The van der Waals surface area contributed by atoms with Gasteiger partial charge in [0.1, 0.15) is 5.82 Å². The van der Waals surface area contributed by atoms with Gasteiger partial charge < -0.3 is 10.6 Å². The number of piperidine rings is 1. The van der Waals surface area contributed by atoms with E-state index in [0.29, 0.717) is 5.56 Å². The van der Waals surface area contributed by atoms with Crippen molar-refractivity contribution >= 4 is 18.0 Å². The standard InChI is InChI=1S/C12H18N4O2/c1-8-10(7-17)12(15(2)14-8)16-5-3-9(4-6-16)11(13)18/h7,9H,3-6H2,1-2H3,(H2,13,18). The molecule has 0 aliphatic carbocycles. The lowest BCUT2D eigenvalue weighted by molar-refractivity contribution is -0.122. The first kappa shape index (κ1) is 12.6. The summed E-state index contributed by atoms with van der Waals surface area (Å²) >= 11 is 0. The first-order chi connectivity index (χ1) is 8.54. The highest BCUT2D eigenvalue weighted by Gasteiger charge is 2.26. The van der Waals surface area contributed by atoms with Crippen LogP contribution >= 0.6 is 0 Å². The van der Waals surface area contributed by atoms with E-state index in [1.165, 1.54) is 0 Å². The lowest BCUT2D eigenvalue weighted by Crippen LogP contribution is -2.39. The van der Waals surface area contributed by atoms with Gasteiger partial charge in [-0.25, -0.2) is 0 Å². The van der Waals surface area contributed by atoms with Gasteiger partial charge >= 0.3 is 0 Å². The van der Waals surface area contributed by atoms with Crippen molar-refractivity contribution in [2.45, 2.75) is 19.8 Å². The number of aromatic nitrogens is 2. The smallest absolute Gasteiger partial charge is 0.220 e. The first-order valence-corrected chi connectivity index (χ1v) is 6.07. The van der Waals surface area contributed by atoms with Gasteiger partial charge in [0, 0.05) is 26.1 Å². The van der Waals surface area contributed by atoms with Crippen LogP contribution in [0.25, 0.3) is 0 Å². The van der Waals surface area contributed by atoms with Crippen LogP contribution in [0, 0.1) is 12.8 Å². The van der Waals surface area contributed by atoms with Gasteiger partial charge in [0.15, 0.2) is 6.29 Å². The Bertz CT molecular complexity index is 473. The minimum absolute atomic E-state index is 0.0461. The maximum absolute atomic E-state index is 11.1. The fourth-order valence-corrected chi connectivity index (χ4v) is 2.55. The molecule has 0 unspecified atom stereocenters. The molecule has 0 saturated carbocycles. The van der Waals surface area contributed by atoms with E-state index < -0.39 is 0 Å². The van der Waals surface area contributed by atoms with E-state index in [-0.39, 0.29) is 11.8 Å². The summed E-state index contributed by atoms with van der Waals surface area (Å²) in [5.41, 5.74) is 6.68. The van der Waals surface area contributed by atoms with Crippen LogP contribution in [0.1, 0.15) is 28.9 Å². The van der Waals surface area contributed by atoms with Crippen LogP contribution in [0.2, 0.25) is 0 Å². The van der Waals surface area contributed by atoms with Crippen LogP contribution in [-0.2, 0) is 11.8 Å². The molecule has 1 aliphatic rings. The third-order valence-corrected chi connectivity index (χ3v) is 3.55. The fourth-order valence-electron chi connectivity index (χ4n) is 2.55. The van der Waals surface area contributed by atoms with Crippen molar-refractivity contribution in [3.05, 3.63) is 11.3 Å². The zero-order valence-corrected chi connectivity index (χ0v) is 10.7. The molecule has 98 valence electrons. The molecule has 2 heterocycles. The lowest BCUT2D eigenvalue weighted by atomic mass is 9.96. The quantitative estimate of drug-likeness (QED) is 0.779. The van der Waals surface area contributed by atoms with Crippen molar-refractivity contribution in [2.75, 3.05) is 18.0 Å². The first-order valence-electron chi connectivity index (χ1n) is 6.07. The Kier molecular flexibility index (Phi) is 3.36. The summed E-state index contributed by atoms with van der Waals surface area (Å²) in [4.78, 5) is 24.3. The SMILES string of the molecule is Cc1nn(C)c(N2CCC(C(N)=O)CC2)c1C=O. The number of aryl methyl sites for hydroxylation is 2. The van der Waals surface area contributed by atoms with Gasteiger partial charge in [-0.1, -0.05) is 0 Å². The lowest BCUT2D eigenvalue weighted by Gasteiger charge is -2.32. The minimum Gasteiger partial charge on any atom is -0.369 e. The molecule has 2 N–H and O–H groups in total. The van der Waals surface area contributed by atoms with Crippen LogP contribution in [0.5, 0.6) is 0 Å². The van der Waals surface area contributed by atoms with E-state index in [2.05, 4.69) is 10.00 Å². The van der Waals surface area contributed by atoms with Crippen molar-refractivity contribution in [1.82, 2.24) is 9.78 Å². The maximum atomic E-state index is 11.1. The van der Waals surface area contributed by atoms with Gasteiger partial charge in [-0.2, -0.15) is 5.10 Å². The number of carbonyl (C=O) groups excluding carboxylic acids is 2. The van der Waals surface area contributed by atoms with Crippen molar-refractivity contribution in [1.29, 1.82) is 0 Å². The van der Waals surface area contributed by atoms with Crippen molar-refractivity contribution < 1.29 is 9.59 Å². The van der Waals surface area contributed by atoms with Gasteiger partial charge in [0.2, 0.25) is 5.91 Å². The van der Waals surface area contributed by atoms with Gasteiger partial charge in [0.25, 0.3) is 0 Å². The monoisotopic (exact) mass is 250 g/mol. The van der Waals surface area contributed by atoms with Crippen molar-refractivity contribution in [2.24, 2.45) is 18.7 Å². The van der Waals surface area contributed by atoms with Crippen LogP contribution in [0.15, 0.2) is 0 Å². The molecule has 1 aromatic heterocycles. The second-order valence-corrected chi connectivity index (χ2v) is 4.73. The van der Waals surface area contributed by atoms with E-state index in [0.717, 1.165) is 43.7 Å². The second-order valence-electron chi connectivity index (χ2n) is 4.73. The average molecular weight is 250 g/mol. The van der Waals surface area contributed by atoms with E-state index in [9.17, 15) is 9.59 Å². The Morgan fingerprint density at radius 3 is 2.56 bits per heavy atom. The van der Waals surface area contributed by atoms with Crippen molar-refractivity contribution in [3.8, 4) is 0 Å². The Balaban J connectivity index is 2.19. The number of amides is 1. The number of anilines is 1. The molecule has 1 aliphatic heterocycles. The molecule has 18 heavy (non-hydrogen) atoms. The van der Waals surface area contributed by atoms with Gasteiger partial charge in [-0.05, 0) is 19.8 Å². The minimum atomic E-state index is -0.230. The molecule has 0 spiro atoms. The molecule has 0 radical (unpaired) electrons. The number of hydrogen-bond donors (Lipinski definition) is 1. The summed E-state index contributed by atoms with van der Waals surface area (Å²) in [6.45, 7) is 3.28. The molecule has 1 saturated heterocycles. The number of carbonyl (C=O) groups is 2. The number of rotatable bonds is 3. The molecular weight excluding hydrogens is 232 g/mol. The molecule has 2 rings (SSSR count). The Morgan fingerprint density at radius 1 is 1.44 bits per heavy atom. The third kappa shape index (κ3) is 2.10. The van der Waals surface area contributed by atoms with Crippen LogP contribution < -0.4 is 10.6 Å². The zero-order valence-electron chi connectivity index (χ0n) is 10.7. The summed E-state index contributed by atoms with van der Waals surface area (Å²) in [5, 5.41) is 4.26. The predicted molar refractivity (Wildman–Crippen MR) is 67.5 cm³/mol. The highest BCUT2D eigenvalue weighted by Crippen LogP contribution is 2.26. The molecule has 1 fully saturated rings. The zero-order chi connectivity index (χ0) is 13.3. The van der Waals surface area contributed by atoms with E-state index in [4.69, 9.17) is 5.73 Å². The largest absolute Gasteiger partial charge is 0.369 e. The average Bonchev–Trinajstić information content (AvgIpc) is 2.63. The number of primary amides is 1. The fraction of sp³-hybridized carbons (Fsp3) is 0.583. The van der Waals surface area contributed by atoms with E-state index in [1.54, 1.807) is 4.68 Å². The van der Waals surface area contributed by atoms with E-state index >= 15 is 0 Å². The third-order valence-electron chi connectivity index (χ3n) is 3.55. The molecule has 1 amide bonds. The highest BCUT2D eigenvalue weighted by molar-refractivity contribution is 5.85. The summed E-state index contributed by atoms with van der Waals surface area (Å²) in [6, 6.07) is 0. The van der Waals surface area contributed by atoms with Gasteiger partial charge in [-0.15, -0.1) is 0 Å².